The van der Waals surface area contributed by atoms with E-state index >= 15 is 0 Å². The van der Waals surface area contributed by atoms with E-state index in [9.17, 15) is 4.39 Å². The SMILES string of the molecule is COc1cc(-c2cnoc2N)cc(C(C)F)c1OC. The summed E-state index contributed by atoms with van der Waals surface area (Å²) in [7, 11) is 2.96. The minimum absolute atomic E-state index is 0.171. The van der Waals surface area contributed by atoms with Crippen LogP contribution in [-0.4, -0.2) is 19.4 Å². The van der Waals surface area contributed by atoms with Crippen LogP contribution in [0.3, 0.4) is 0 Å². The van der Waals surface area contributed by atoms with Gasteiger partial charge < -0.3 is 19.7 Å². The van der Waals surface area contributed by atoms with Gasteiger partial charge in [0.2, 0.25) is 5.88 Å². The third-order valence-electron chi connectivity index (χ3n) is 2.85. The Bertz CT molecular complexity index is 581. The highest BCUT2D eigenvalue weighted by Crippen LogP contribution is 2.41. The average Bonchev–Trinajstić information content (AvgIpc) is 2.83. The molecule has 1 aromatic carbocycles. The fraction of sp³-hybridized carbons (Fsp3) is 0.308. The minimum Gasteiger partial charge on any atom is -0.493 e. The molecule has 0 aliphatic heterocycles. The van der Waals surface area contributed by atoms with Gasteiger partial charge in [0, 0.05) is 5.56 Å². The number of rotatable bonds is 4. The number of aromatic nitrogens is 1. The van der Waals surface area contributed by atoms with Crippen LogP contribution >= 0.6 is 0 Å². The Hall–Kier alpha value is -2.24. The van der Waals surface area contributed by atoms with Crippen LogP contribution in [0.25, 0.3) is 11.1 Å². The molecule has 0 saturated heterocycles. The summed E-state index contributed by atoms with van der Waals surface area (Å²) >= 11 is 0. The Morgan fingerprint density at radius 2 is 2.05 bits per heavy atom. The Balaban J connectivity index is 2.65. The molecule has 0 aliphatic carbocycles. The molecule has 0 saturated carbocycles. The van der Waals surface area contributed by atoms with E-state index in [0.717, 1.165) is 0 Å². The summed E-state index contributed by atoms with van der Waals surface area (Å²) in [6.45, 7) is 1.43. The highest BCUT2D eigenvalue weighted by atomic mass is 19.1. The molecule has 0 amide bonds. The van der Waals surface area contributed by atoms with Gasteiger partial charge in [-0.25, -0.2) is 4.39 Å². The molecule has 1 heterocycles. The number of nitrogen functional groups attached to an aromatic ring is 1. The van der Waals surface area contributed by atoms with Gasteiger partial charge in [-0.3, -0.25) is 0 Å². The molecule has 2 N–H and O–H groups in total. The van der Waals surface area contributed by atoms with E-state index in [4.69, 9.17) is 19.7 Å². The van der Waals surface area contributed by atoms with Crippen molar-refractivity contribution in [1.82, 2.24) is 5.16 Å². The number of hydrogen-bond acceptors (Lipinski definition) is 5. The van der Waals surface area contributed by atoms with Gasteiger partial charge >= 0.3 is 0 Å². The molecular formula is C13H15FN2O3. The lowest BCUT2D eigenvalue weighted by atomic mass is 10.0. The number of hydrogen-bond donors (Lipinski definition) is 1. The van der Waals surface area contributed by atoms with Gasteiger partial charge in [0.15, 0.2) is 11.5 Å². The van der Waals surface area contributed by atoms with Crippen LogP contribution in [0.4, 0.5) is 10.3 Å². The number of nitrogens with two attached hydrogens (primary N) is 1. The van der Waals surface area contributed by atoms with E-state index in [1.807, 2.05) is 0 Å². The second-order valence-corrected chi connectivity index (χ2v) is 4.02. The summed E-state index contributed by atoms with van der Waals surface area (Å²) in [5, 5.41) is 3.60. The number of nitrogens with zero attached hydrogens (tertiary/aromatic N) is 1. The van der Waals surface area contributed by atoms with Crippen molar-refractivity contribution in [3.05, 3.63) is 23.9 Å². The van der Waals surface area contributed by atoms with Gasteiger partial charge in [-0.05, 0) is 24.6 Å². The summed E-state index contributed by atoms with van der Waals surface area (Å²) in [5.41, 5.74) is 7.30. The predicted molar refractivity (Wildman–Crippen MR) is 69.0 cm³/mol. The van der Waals surface area contributed by atoms with Gasteiger partial charge in [-0.15, -0.1) is 0 Å². The third kappa shape index (κ3) is 2.33. The summed E-state index contributed by atoms with van der Waals surface area (Å²) in [6.07, 6.45) is 0.272. The second kappa shape index (κ2) is 5.17. The number of halogens is 1. The smallest absolute Gasteiger partial charge is 0.229 e. The zero-order valence-corrected chi connectivity index (χ0v) is 10.9. The monoisotopic (exact) mass is 266 g/mol. The molecule has 0 radical (unpaired) electrons. The summed E-state index contributed by atoms with van der Waals surface area (Å²) in [5.74, 6) is 0.973. The summed E-state index contributed by atoms with van der Waals surface area (Å²) in [6, 6.07) is 3.35. The van der Waals surface area contributed by atoms with Crippen LogP contribution in [0.5, 0.6) is 11.5 Å². The topological polar surface area (TPSA) is 70.5 Å². The minimum atomic E-state index is -1.20. The quantitative estimate of drug-likeness (QED) is 0.921. The van der Waals surface area contributed by atoms with Crippen molar-refractivity contribution in [2.45, 2.75) is 13.1 Å². The van der Waals surface area contributed by atoms with E-state index in [1.54, 1.807) is 12.1 Å². The molecule has 1 aromatic heterocycles. The van der Waals surface area contributed by atoms with E-state index in [0.29, 0.717) is 28.2 Å². The molecule has 0 aliphatic rings. The number of anilines is 1. The number of benzene rings is 1. The van der Waals surface area contributed by atoms with Gasteiger partial charge in [-0.2, -0.15) is 0 Å². The van der Waals surface area contributed by atoms with Crippen LogP contribution < -0.4 is 15.2 Å². The van der Waals surface area contributed by atoms with Crippen molar-refractivity contribution >= 4 is 5.88 Å². The first-order valence-electron chi connectivity index (χ1n) is 5.69. The van der Waals surface area contributed by atoms with Crippen molar-refractivity contribution in [3.8, 4) is 22.6 Å². The molecule has 0 bridgehead atoms. The first-order chi connectivity index (χ1) is 9.08. The normalized spacial score (nSPS) is 12.2. The Kier molecular flexibility index (Phi) is 3.59. The Morgan fingerprint density at radius 1 is 1.32 bits per heavy atom. The van der Waals surface area contributed by atoms with Crippen LogP contribution in [-0.2, 0) is 0 Å². The van der Waals surface area contributed by atoms with Crippen LogP contribution in [0, 0.1) is 0 Å². The maximum absolute atomic E-state index is 13.7. The average molecular weight is 266 g/mol. The number of alkyl halides is 1. The molecule has 0 fully saturated rings. The molecule has 1 unspecified atom stereocenters. The maximum atomic E-state index is 13.7. The van der Waals surface area contributed by atoms with E-state index in [1.165, 1.54) is 27.3 Å². The van der Waals surface area contributed by atoms with Gasteiger partial charge in [0.25, 0.3) is 0 Å². The first kappa shape index (κ1) is 13.2. The summed E-state index contributed by atoms with van der Waals surface area (Å²) < 4.78 is 28.9. The standard InChI is InChI=1S/C13H15FN2O3/c1-7(14)9-4-8(10-6-16-19-13(10)15)5-11(17-2)12(9)18-3/h4-7H,15H2,1-3H3. The molecule has 2 rings (SSSR count). The second-order valence-electron chi connectivity index (χ2n) is 4.02. The molecular weight excluding hydrogens is 251 g/mol. The predicted octanol–water partition coefficient (Wildman–Crippen LogP) is 2.97. The van der Waals surface area contributed by atoms with Crippen LogP contribution in [0.15, 0.2) is 22.9 Å². The molecule has 0 spiro atoms. The number of ether oxygens (including phenoxy) is 2. The van der Waals surface area contributed by atoms with E-state index in [2.05, 4.69) is 5.16 Å². The van der Waals surface area contributed by atoms with Crippen LogP contribution in [0.1, 0.15) is 18.7 Å². The highest BCUT2D eigenvalue weighted by Gasteiger charge is 2.19. The maximum Gasteiger partial charge on any atom is 0.229 e. The first-order valence-corrected chi connectivity index (χ1v) is 5.69. The lowest BCUT2D eigenvalue weighted by Gasteiger charge is -2.15. The fourth-order valence-electron chi connectivity index (χ4n) is 1.91. The molecule has 5 nitrogen and oxygen atoms in total. The zero-order chi connectivity index (χ0) is 14.0. The molecule has 6 heteroatoms. The lowest BCUT2D eigenvalue weighted by Crippen LogP contribution is -1.98. The zero-order valence-electron chi connectivity index (χ0n) is 10.9. The van der Waals surface area contributed by atoms with Crippen molar-refractivity contribution in [1.29, 1.82) is 0 Å². The Labute approximate surface area is 110 Å². The van der Waals surface area contributed by atoms with Gasteiger partial charge in [-0.1, -0.05) is 5.16 Å². The molecule has 2 aromatic rings. The van der Waals surface area contributed by atoms with E-state index < -0.39 is 6.17 Å². The number of methoxy groups -OCH3 is 2. The summed E-state index contributed by atoms with van der Waals surface area (Å²) in [4.78, 5) is 0. The highest BCUT2D eigenvalue weighted by molar-refractivity contribution is 5.75. The van der Waals surface area contributed by atoms with E-state index in [-0.39, 0.29) is 5.88 Å². The van der Waals surface area contributed by atoms with Crippen molar-refractivity contribution < 1.29 is 18.4 Å². The molecule has 102 valence electrons. The molecule has 1 atom stereocenters. The largest absolute Gasteiger partial charge is 0.493 e. The van der Waals surface area contributed by atoms with Crippen LogP contribution in [0.2, 0.25) is 0 Å². The Morgan fingerprint density at radius 3 is 2.53 bits per heavy atom. The molecule has 19 heavy (non-hydrogen) atoms. The van der Waals surface area contributed by atoms with Crippen molar-refractivity contribution in [2.24, 2.45) is 0 Å². The van der Waals surface area contributed by atoms with Crippen molar-refractivity contribution in [3.63, 3.8) is 0 Å². The van der Waals surface area contributed by atoms with Crippen molar-refractivity contribution in [2.75, 3.05) is 20.0 Å². The van der Waals surface area contributed by atoms with Gasteiger partial charge in [0.05, 0.1) is 26.0 Å². The lowest BCUT2D eigenvalue weighted by molar-refractivity contribution is 0.324. The fourth-order valence-corrected chi connectivity index (χ4v) is 1.91. The third-order valence-corrected chi connectivity index (χ3v) is 2.85. The van der Waals surface area contributed by atoms with Gasteiger partial charge in [0.1, 0.15) is 6.17 Å².